The molecule has 1 aliphatic carbocycles. The van der Waals surface area contributed by atoms with E-state index in [1.54, 1.807) is 11.3 Å². The quantitative estimate of drug-likeness (QED) is 0.894. The van der Waals surface area contributed by atoms with Crippen molar-refractivity contribution in [3.8, 4) is 0 Å². The lowest BCUT2D eigenvalue weighted by molar-refractivity contribution is -0.140. The van der Waals surface area contributed by atoms with Gasteiger partial charge in [-0.2, -0.15) is 0 Å². The number of aliphatic carboxylic acids is 1. The second-order valence-corrected chi connectivity index (χ2v) is 5.59. The van der Waals surface area contributed by atoms with Gasteiger partial charge in [-0.3, -0.25) is 9.36 Å². The van der Waals surface area contributed by atoms with Crippen LogP contribution in [0.5, 0.6) is 0 Å². The van der Waals surface area contributed by atoms with Crippen molar-refractivity contribution in [3.05, 3.63) is 27.1 Å². The van der Waals surface area contributed by atoms with Gasteiger partial charge in [-0.05, 0) is 31.7 Å². The van der Waals surface area contributed by atoms with Gasteiger partial charge >= 0.3 is 5.97 Å². The van der Waals surface area contributed by atoms with E-state index in [1.807, 2.05) is 0 Å². The molecule has 3 rings (SSSR count). The molecule has 18 heavy (non-hydrogen) atoms. The normalized spacial score (nSPS) is 15.8. The number of nitrogens with zero attached hydrogens (tertiary/aromatic N) is 2. The third-order valence-corrected chi connectivity index (χ3v) is 4.62. The van der Waals surface area contributed by atoms with Gasteiger partial charge in [0.1, 0.15) is 10.9 Å². The smallest absolute Gasteiger partial charge is 0.326 e. The second kappa shape index (κ2) is 3.91. The van der Waals surface area contributed by atoms with Crippen LogP contribution < -0.4 is 5.56 Å². The van der Waals surface area contributed by atoms with Gasteiger partial charge in [-0.15, -0.1) is 11.3 Å². The summed E-state index contributed by atoms with van der Waals surface area (Å²) >= 11 is 1.56. The number of carboxylic acids is 1. The number of carbonyl (C=O) groups is 1. The van der Waals surface area contributed by atoms with Crippen LogP contribution in [0.4, 0.5) is 0 Å². The van der Waals surface area contributed by atoms with Gasteiger partial charge in [0.05, 0.1) is 11.7 Å². The minimum absolute atomic E-state index is 0.227. The number of fused-ring (bicyclic) bond motifs is 3. The molecule has 5 nitrogen and oxygen atoms in total. The zero-order valence-electron chi connectivity index (χ0n) is 9.84. The van der Waals surface area contributed by atoms with Crippen LogP contribution in [-0.4, -0.2) is 20.6 Å². The summed E-state index contributed by atoms with van der Waals surface area (Å²) in [4.78, 5) is 29.5. The molecule has 2 heterocycles. The number of thiophene rings is 1. The predicted octanol–water partition coefficient (Wildman–Crippen LogP) is 1.59. The number of aryl methyl sites for hydroxylation is 2. The molecule has 0 aliphatic heterocycles. The largest absolute Gasteiger partial charge is 0.480 e. The van der Waals surface area contributed by atoms with Crippen LogP contribution in [0.2, 0.25) is 0 Å². The Morgan fingerprint density at radius 1 is 1.56 bits per heavy atom. The molecule has 0 saturated carbocycles. The molecule has 2 aromatic rings. The summed E-state index contributed by atoms with van der Waals surface area (Å²) in [5, 5.41) is 9.62. The average Bonchev–Trinajstić information content (AvgIpc) is 2.88. The minimum atomic E-state index is -1.02. The van der Waals surface area contributed by atoms with E-state index in [0.717, 1.165) is 29.7 Å². The van der Waals surface area contributed by atoms with Crippen LogP contribution in [0.1, 0.15) is 29.8 Å². The van der Waals surface area contributed by atoms with Crippen molar-refractivity contribution in [2.75, 3.05) is 0 Å². The van der Waals surface area contributed by atoms with Crippen molar-refractivity contribution >= 4 is 27.5 Å². The Bertz CT molecular complexity index is 701. The third kappa shape index (κ3) is 1.49. The van der Waals surface area contributed by atoms with Gasteiger partial charge < -0.3 is 5.11 Å². The van der Waals surface area contributed by atoms with Crippen LogP contribution >= 0.6 is 11.3 Å². The molecule has 0 spiro atoms. The van der Waals surface area contributed by atoms with Gasteiger partial charge in [0.25, 0.3) is 5.56 Å². The van der Waals surface area contributed by atoms with Crippen molar-refractivity contribution < 1.29 is 9.90 Å². The summed E-state index contributed by atoms with van der Waals surface area (Å²) in [7, 11) is 0. The lowest BCUT2D eigenvalue weighted by Crippen LogP contribution is -2.28. The van der Waals surface area contributed by atoms with Gasteiger partial charge in [0, 0.05) is 4.88 Å². The maximum absolute atomic E-state index is 12.4. The Kier molecular flexibility index (Phi) is 2.48. The SMILES string of the molecule is C[C@H](C(=O)O)n1cnc2sc3c(c2c1=O)CCC3. The van der Waals surface area contributed by atoms with E-state index in [9.17, 15) is 9.59 Å². The monoisotopic (exact) mass is 264 g/mol. The number of carboxylic acid groups (broad SMARTS) is 1. The van der Waals surface area contributed by atoms with E-state index in [2.05, 4.69) is 4.98 Å². The first-order valence-corrected chi connectivity index (χ1v) is 6.65. The fourth-order valence-electron chi connectivity index (χ4n) is 2.39. The molecular formula is C12H12N2O3S. The first-order chi connectivity index (χ1) is 8.59. The summed E-state index contributed by atoms with van der Waals surface area (Å²) in [6.45, 7) is 1.49. The minimum Gasteiger partial charge on any atom is -0.480 e. The molecule has 94 valence electrons. The Labute approximate surface area is 107 Å². The number of rotatable bonds is 2. The van der Waals surface area contributed by atoms with E-state index in [1.165, 1.54) is 22.7 Å². The fourth-order valence-corrected chi connectivity index (χ4v) is 3.61. The van der Waals surface area contributed by atoms with Crippen LogP contribution in [-0.2, 0) is 17.6 Å². The number of aromatic nitrogens is 2. The first-order valence-electron chi connectivity index (χ1n) is 5.84. The molecule has 0 saturated heterocycles. The summed E-state index contributed by atoms with van der Waals surface area (Å²) in [6, 6.07) is -0.883. The zero-order chi connectivity index (χ0) is 12.9. The summed E-state index contributed by atoms with van der Waals surface area (Å²) in [6.07, 6.45) is 4.32. The maximum atomic E-state index is 12.4. The molecule has 1 atom stereocenters. The van der Waals surface area contributed by atoms with Crippen LogP contribution in [0.15, 0.2) is 11.1 Å². The van der Waals surface area contributed by atoms with Crippen LogP contribution in [0, 0.1) is 0 Å². The van der Waals surface area contributed by atoms with Gasteiger partial charge in [-0.25, -0.2) is 9.78 Å². The molecule has 0 amide bonds. The molecule has 0 radical (unpaired) electrons. The van der Waals surface area contributed by atoms with Crippen molar-refractivity contribution in [2.24, 2.45) is 0 Å². The summed E-state index contributed by atoms with van der Waals surface area (Å²) in [5.41, 5.74) is 0.855. The van der Waals surface area contributed by atoms with Crippen molar-refractivity contribution in [1.29, 1.82) is 0 Å². The maximum Gasteiger partial charge on any atom is 0.326 e. The Morgan fingerprint density at radius 3 is 3.06 bits per heavy atom. The number of hydrogen-bond donors (Lipinski definition) is 1. The lowest BCUT2D eigenvalue weighted by Gasteiger charge is -2.09. The Hall–Kier alpha value is -1.69. The molecule has 0 unspecified atom stereocenters. The first kappa shape index (κ1) is 11.4. The lowest BCUT2D eigenvalue weighted by atomic mass is 10.2. The fraction of sp³-hybridized carbons (Fsp3) is 0.417. The molecule has 1 N–H and O–H groups in total. The standard InChI is InChI=1S/C12H12N2O3S/c1-6(12(16)17)14-5-13-10-9(11(14)15)7-3-2-4-8(7)18-10/h5-6H,2-4H2,1H3,(H,16,17)/t6-/m1/s1. The highest BCUT2D eigenvalue weighted by atomic mass is 32.1. The van der Waals surface area contributed by atoms with E-state index < -0.39 is 12.0 Å². The Balaban J connectivity index is 2.29. The average molecular weight is 264 g/mol. The molecule has 6 heteroatoms. The Morgan fingerprint density at radius 2 is 2.33 bits per heavy atom. The number of hydrogen-bond acceptors (Lipinski definition) is 4. The van der Waals surface area contributed by atoms with Crippen LogP contribution in [0.3, 0.4) is 0 Å². The van der Waals surface area contributed by atoms with Crippen molar-refractivity contribution in [3.63, 3.8) is 0 Å². The predicted molar refractivity (Wildman–Crippen MR) is 68.3 cm³/mol. The molecule has 2 aromatic heterocycles. The second-order valence-electron chi connectivity index (χ2n) is 4.51. The van der Waals surface area contributed by atoms with E-state index in [4.69, 9.17) is 5.11 Å². The van der Waals surface area contributed by atoms with Gasteiger partial charge in [0.15, 0.2) is 0 Å². The topological polar surface area (TPSA) is 72.2 Å². The highest BCUT2D eigenvalue weighted by Gasteiger charge is 2.23. The molecular weight excluding hydrogens is 252 g/mol. The van der Waals surface area contributed by atoms with E-state index >= 15 is 0 Å². The zero-order valence-corrected chi connectivity index (χ0v) is 10.7. The molecule has 0 fully saturated rings. The van der Waals surface area contributed by atoms with Crippen molar-refractivity contribution in [2.45, 2.75) is 32.2 Å². The van der Waals surface area contributed by atoms with Gasteiger partial charge in [0.2, 0.25) is 0 Å². The van der Waals surface area contributed by atoms with E-state index in [-0.39, 0.29) is 5.56 Å². The third-order valence-electron chi connectivity index (χ3n) is 3.43. The molecule has 0 bridgehead atoms. The van der Waals surface area contributed by atoms with Crippen molar-refractivity contribution in [1.82, 2.24) is 9.55 Å². The van der Waals surface area contributed by atoms with Crippen LogP contribution in [0.25, 0.3) is 10.2 Å². The molecule has 1 aliphatic rings. The molecule has 0 aromatic carbocycles. The van der Waals surface area contributed by atoms with E-state index in [0.29, 0.717) is 5.39 Å². The van der Waals surface area contributed by atoms with Gasteiger partial charge in [-0.1, -0.05) is 0 Å². The highest BCUT2D eigenvalue weighted by molar-refractivity contribution is 7.18. The highest BCUT2D eigenvalue weighted by Crippen LogP contribution is 2.34. The summed E-state index contributed by atoms with van der Waals surface area (Å²) < 4.78 is 1.20. The summed E-state index contributed by atoms with van der Waals surface area (Å²) in [5.74, 6) is -1.02.